The lowest BCUT2D eigenvalue weighted by molar-refractivity contribution is 0.0514. The van der Waals surface area contributed by atoms with Crippen molar-refractivity contribution in [3.63, 3.8) is 0 Å². The van der Waals surface area contributed by atoms with Crippen LogP contribution in [-0.2, 0) is 11.3 Å². The number of ether oxygens (including phenoxy) is 2. The maximum atomic E-state index is 11.6. The molecule has 0 amide bonds. The summed E-state index contributed by atoms with van der Waals surface area (Å²) in [6.07, 6.45) is 2.35. The molecule has 8 nitrogen and oxygen atoms in total. The summed E-state index contributed by atoms with van der Waals surface area (Å²) in [6.45, 7) is 6.02. The van der Waals surface area contributed by atoms with Gasteiger partial charge in [-0.05, 0) is 26.7 Å². The van der Waals surface area contributed by atoms with Gasteiger partial charge in [-0.3, -0.25) is 0 Å². The molecule has 128 valence electrons. The van der Waals surface area contributed by atoms with Gasteiger partial charge in [-0.1, -0.05) is 5.16 Å². The monoisotopic (exact) mass is 332 g/mol. The fourth-order valence-corrected chi connectivity index (χ4v) is 2.52. The van der Waals surface area contributed by atoms with Crippen molar-refractivity contribution in [1.82, 2.24) is 15.1 Å². The van der Waals surface area contributed by atoms with Gasteiger partial charge in [0.25, 0.3) is 0 Å². The van der Waals surface area contributed by atoms with Gasteiger partial charge >= 0.3 is 12.0 Å². The molecule has 0 aromatic carbocycles. The minimum atomic E-state index is -0.518. The normalized spacial score (nSPS) is 14.0. The molecule has 1 aliphatic rings. The van der Waals surface area contributed by atoms with E-state index in [4.69, 9.17) is 14.0 Å². The van der Waals surface area contributed by atoms with Gasteiger partial charge in [-0.15, -0.1) is 0 Å². The number of carbonyl (C=O) groups is 1. The van der Waals surface area contributed by atoms with Crippen molar-refractivity contribution in [2.24, 2.45) is 0 Å². The van der Waals surface area contributed by atoms with E-state index >= 15 is 0 Å². The van der Waals surface area contributed by atoms with Crippen molar-refractivity contribution in [3.8, 4) is 6.01 Å². The number of nitrogens with zero attached hydrogens (tertiary/aromatic N) is 4. The molecule has 2 aromatic heterocycles. The van der Waals surface area contributed by atoms with Crippen LogP contribution in [0.15, 0.2) is 16.7 Å². The predicted molar refractivity (Wildman–Crippen MR) is 85.0 cm³/mol. The Labute approximate surface area is 139 Å². The van der Waals surface area contributed by atoms with Gasteiger partial charge in [0.05, 0.1) is 6.61 Å². The van der Waals surface area contributed by atoms with Crippen LogP contribution in [0.5, 0.6) is 6.01 Å². The topological polar surface area (TPSA) is 90.6 Å². The van der Waals surface area contributed by atoms with Gasteiger partial charge in [0.1, 0.15) is 5.82 Å². The minimum Gasteiger partial charge on any atom is -0.461 e. The van der Waals surface area contributed by atoms with Gasteiger partial charge < -0.3 is 18.9 Å². The number of esters is 1. The van der Waals surface area contributed by atoms with Crippen LogP contribution in [0.2, 0.25) is 0 Å². The third-order valence-corrected chi connectivity index (χ3v) is 3.64. The lowest BCUT2D eigenvalue weighted by atomic mass is 10.4. The summed E-state index contributed by atoms with van der Waals surface area (Å²) in [5.74, 6) is 0.765. The number of hydrogen-bond donors (Lipinski definition) is 0. The highest BCUT2D eigenvalue weighted by Gasteiger charge is 2.17. The Bertz CT molecular complexity index is 710. The number of carbonyl (C=O) groups excluding carboxylic acids is 1. The molecule has 0 atom stereocenters. The quantitative estimate of drug-likeness (QED) is 0.743. The number of aromatic nitrogens is 3. The predicted octanol–water partition coefficient (Wildman–Crippen LogP) is 2.13. The smallest absolute Gasteiger partial charge is 0.360 e. The van der Waals surface area contributed by atoms with Crippen LogP contribution in [0.1, 0.15) is 41.7 Å². The van der Waals surface area contributed by atoms with Crippen LogP contribution in [0, 0.1) is 6.92 Å². The summed E-state index contributed by atoms with van der Waals surface area (Å²) in [5, 5.41) is 3.67. The fourth-order valence-electron chi connectivity index (χ4n) is 2.52. The molecule has 0 aliphatic carbocycles. The van der Waals surface area contributed by atoms with Gasteiger partial charge in [0, 0.05) is 30.9 Å². The summed E-state index contributed by atoms with van der Waals surface area (Å²) in [4.78, 5) is 22.5. The highest BCUT2D eigenvalue weighted by molar-refractivity contribution is 5.87. The molecule has 3 heterocycles. The van der Waals surface area contributed by atoms with Crippen LogP contribution in [0.3, 0.4) is 0 Å². The van der Waals surface area contributed by atoms with Crippen molar-refractivity contribution in [3.05, 3.63) is 29.3 Å². The Balaban J connectivity index is 1.65. The zero-order chi connectivity index (χ0) is 16.9. The van der Waals surface area contributed by atoms with E-state index in [1.54, 1.807) is 6.92 Å². The third kappa shape index (κ3) is 3.81. The summed E-state index contributed by atoms with van der Waals surface area (Å²) >= 11 is 0. The number of rotatable bonds is 6. The molecule has 1 saturated heterocycles. The molecule has 2 aromatic rings. The van der Waals surface area contributed by atoms with Gasteiger partial charge in [-0.2, -0.15) is 4.98 Å². The summed E-state index contributed by atoms with van der Waals surface area (Å²) < 4.78 is 15.5. The lowest BCUT2D eigenvalue weighted by Crippen LogP contribution is -2.19. The molecular weight excluding hydrogens is 312 g/mol. The standard InChI is InChI=1S/C16H20N4O4/c1-3-22-15(21)13-9-12(24-19-13)10-23-16-17-11(2)8-14(18-16)20-6-4-5-7-20/h8-9H,3-7,10H2,1-2H3. The zero-order valence-corrected chi connectivity index (χ0v) is 13.8. The third-order valence-electron chi connectivity index (χ3n) is 3.64. The fraction of sp³-hybridized carbons (Fsp3) is 0.500. The van der Waals surface area contributed by atoms with E-state index < -0.39 is 5.97 Å². The van der Waals surface area contributed by atoms with Crippen molar-refractivity contribution in [2.45, 2.75) is 33.3 Å². The second-order valence-corrected chi connectivity index (χ2v) is 5.53. The molecule has 0 unspecified atom stereocenters. The zero-order valence-electron chi connectivity index (χ0n) is 13.8. The molecule has 3 rings (SSSR count). The van der Waals surface area contributed by atoms with Crippen LogP contribution < -0.4 is 9.64 Å². The Morgan fingerprint density at radius 3 is 2.83 bits per heavy atom. The van der Waals surface area contributed by atoms with E-state index in [0.717, 1.165) is 24.6 Å². The molecule has 1 fully saturated rings. The van der Waals surface area contributed by atoms with E-state index in [0.29, 0.717) is 5.76 Å². The van der Waals surface area contributed by atoms with Gasteiger partial charge in [0.15, 0.2) is 18.1 Å². The highest BCUT2D eigenvalue weighted by Crippen LogP contribution is 2.21. The Hall–Kier alpha value is -2.64. The van der Waals surface area contributed by atoms with Crippen LogP contribution >= 0.6 is 0 Å². The largest absolute Gasteiger partial charge is 0.461 e. The van der Waals surface area contributed by atoms with Gasteiger partial charge in [-0.25, -0.2) is 9.78 Å². The first-order chi connectivity index (χ1) is 11.7. The molecule has 0 radical (unpaired) electrons. The summed E-state index contributed by atoms with van der Waals surface area (Å²) in [7, 11) is 0. The summed E-state index contributed by atoms with van der Waals surface area (Å²) in [6, 6.07) is 3.73. The summed E-state index contributed by atoms with van der Waals surface area (Å²) in [5.41, 5.74) is 0.963. The molecule has 0 spiro atoms. The first-order valence-electron chi connectivity index (χ1n) is 8.02. The van der Waals surface area contributed by atoms with E-state index in [1.165, 1.54) is 18.9 Å². The molecule has 0 saturated carbocycles. The second kappa shape index (κ2) is 7.29. The molecule has 24 heavy (non-hydrogen) atoms. The van der Waals surface area contributed by atoms with Crippen LogP contribution in [0.4, 0.5) is 5.82 Å². The molecule has 0 bridgehead atoms. The first kappa shape index (κ1) is 16.2. The number of aryl methyl sites for hydroxylation is 1. The maximum absolute atomic E-state index is 11.6. The van der Waals surface area contributed by atoms with E-state index in [-0.39, 0.29) is 24.9 Å². The van der Waals surface area contributed by atoms with Crippen molar-refractivity contribution >= 4 is 11.8 Å². The van der Waals surface area contributed by atoms with Crippen LogP contribution in [-0.4, -0.2) is 40.8 Å². The Kier molecular flexibility index (Phi) is 4.93. The average molecular weight is 332 g/mol. The van der Waals surface area contributed by atoms with Crippen LogP contribution in [0.25, 0.3) is 0 Å². The minimum absolute atomic E-state index is 0.0926. The van der Waals surface area contributed by atoms with E-state index in [2.05, 4.69) is 20.0 Å². The lowest BCUT2D eigenvalue weighted by Gasteiger charge is -2.17. The van der Waals surface area contributed by atoms with Crippen molar-refractivity contribution < 1.29 is 18.8 Å². The number of hydrogen-bond acceptors (Lipinski definition) is 8. The first-order valence-corrected chi connectivity index (χ1v) is 8.02. The van der Waals surface area contributed by atoms with E-state index in [9.17, 15) is 4.79 Å². The molecular formula is C16H20N4O4. The van der Waals surface area contributed by atoms with E-state index in [1.807, 2.05) is 13.0 Å². The van der Waals surface area contributed by atoms with Crippen molar-refractivity contribution in [2.75, 3.05) is 24.6 Å². The Morgan fingerprint density at radius 2 is 2.08 bits per heavy atom. The maximum Gasteiger partial charge on any atom is 0.360 e. The Morgan fingerprint density at radius 1 is 1.29 bits per heavy atom. The van der Waals surface area contributed by atoms with Gasteiger partial charge in [0.2, 0.25) is 0 Å². The molecule has 0 N–H and O–H groups in total. The molecule has 8 heteroatoms. The molecule has 1 aliphatic heterocycles. The average Bonchev–Trinajstić information content (AvgIpc) is 3.24. The second-order valence-electron chi connectivity index (χ2n) is 5.53. The SMILES string of the molecule is CCOC(=O)c1cc(COc2nc(C)cc(N3CCCC3)n2)on1. The number of anilines is 1. The van der Waals surface area contributed by atoms with Crippen molar-refractivity contribution in [1.29, 1.82) is 0 Å². The highest BCUT2D eigenvalue weighted by atomic mass is 16.5.